The van der Waals surface area contributed by atoms with Gasteiger partial charge in [-0.05, 0) is 37.6 Å². The van der Waals surface area contributed by atoms with Gasteiger partial charge in [-0.2, -0.15) is 5.10 Å². The second-order valence-electron chi connectivity index (χ2n) is 6.96. The number of imidazole rings is 1. The zero-order chi connectivity index (χ0) is 21.9. The van der Waals surface area contributed by atoms with Crippen molar-refractivity contribution in [2.45, 2.75) is 19.9 Å². The molecule has 0 saturated carbocycles. The van der Waals surface area contributed by atoms with E-state index in [1.807, 2.05) is 41.6 Å². The topological polar surface area (TPSA) is 94.6 Å². The van der Waals surface area contributed by atoms with Crippen molar-refractivity contribution < 1.29 is 19.4 Å². The van der Waals surface area contributed by atoms with Gasteiger partial charge < -0.3 is 14.6 Å². The van der Waals surface area contributed by atoms with E-state index in [4.69, 9.17) is 19.4 Å². The Morgan fingerprint density at radius 2 is 1.97 bits per heavy atom. The molecule has 166 valence electrons. The monoisotopic (exact) mass is 427 g/mol. The molecule has 1 aliphatic rings. The molecule has 9 heteroatoms. The van der Waals surface area contributed by atoms with Crippen LogP contribution < -0.4 is 4.74 Å². The fourth-order valence-corrected chi connectivity index (χ4v) is 3.38. The molecule has 0 aliphatic carbocycles. The molecule has 4 rings (SSSR count). The predicted octanol–water partition coefficient (Wildman–Crippen LogP) is 2.56. The van der Waals surface area contributed by atoms with E-state index >= 15 is 0 Å². The van der Waals surface area contributed by atoms with E-state index in [1.54, 1.807) is 0 Å². The first-order valence-electron chi connectivity index (χ1n) is 10.4. The number of morpholine rings is 1. The van der Waals surface area contributed by atoms with Gasteiger partial charge in [-0.25, -0.2) is 4.98 Å². The van der Waals surface area contributed by atoms with E-state index in [0.717, 1.165) is 75.2 Å². The average Bonchev–Trinajstić information content (AvgIpc) is 3.48. The molecular weight excluding hydrogens is 398 g/mol. The third-order valence-electron chi connectivity index (χ3n) is 4.97. The lowest BCUT2D eigenvalue weighted by Crippen LogP contribution is -2.37. The van der Waals surface area contributed by atoms with Gasteiger partial charge in [0, 0.05) is 50.3 Å². The summed E-state index contributed by atoms with van der Waals surface area (Å²) >= 11 is 0. The fraction of sp³-hybridized carbons (Fsp3) is 0.409. The summed E-state index contributed by atoms with van der Waals surface area (Å²) in [6.45, 7) is 8.20. The lowest BCUT2D eigenvalue weighted by Gasteiger charge is -2.26. The number of carboxylic acid groups (broad SMARTS) is 1. The van der Waals surface area contributed by atoms with Crippen LogP contribution in [-0.4, -0.2) is 75.3 Å². The molecule has 9 nitrogen and oxygen atoms in total. The van der Waals surface area contributed by atoms with Crippen molar-refractivity contribution in [1.29, 1.82) is 0 Å². The van der Waals surface area contributed by atoms with Crippen LogP contribution in [0.2, 0.25) is 0 Å². The maximum Gasteiger partial charge on any atom is 0.290 e. The van der Waals surface area contributed by atoms with Crippen molar-refractivity contribution in [3.05, 3.63) is 49.1 Å². The average molecular weight is 428 g/mol. The fourth-order valence-electron chi connectivity index (χ4n) is 3.38. The molecule has 2 aromatic heterocycles. The van der Waals surface area contributed by atoms with Gasteiger partial charge in [-0.3, -0.25) is 18.9 Å². The molecule has 3 aromatic rings. The van der Waals surface area contributed by atoms with E-state index in [9.17, 15) is 0 Å². The number of hydrogen-bond acceptors (Lipinski definition) is 6. The minimum Gasteiger partial charge on any atom is -0.494 e. The summed E-state index contributed by atoms with van der Waals surface area (Å²) in [5.74, 6) is 1.79. The van der Waals surface area contributed by atoms with Gasteiger partial charge in [-0.15, -0.1) is 0 Å². The molecule has 0 unspecified atom stereocenters. The first-order chi connectivity index (χ1) is 15.2. The van der Waals surface area contributed by atoms with Crippen LogP contribution in [0.1, 0.15) is 13.3 Å². The molecular formula is C22H29N5O4. The normalized spacial score (nSPS) is 14.0. The summed E-state index contributed by atoms with van der Waals surface area (Å²) in [6, 6.07) is 8.14. The molecule has 0 amide bonds. The molecule has 1 fully saturated rings. The number of nitrogens with zero attached hydrogens (tertiary/aromatic N) is 5. The van der Waals surface area contributed by atoms with Crippen molar-refractivity contribution >= 4 is 6.47 Å². The maximum atomic E-state index is 8.36. The minimum absolute atomic E-state index is 0.250. The van der Waals surface area contributed by atoms with Crippen molar-refractivity contribution in [2.24, 2.45) is 0 Å². The summed E-state index contributed by atoms with van der Waals surface area (Å²) in [4.78, 5) is 15.3. The molecule has 3 heterocycles. The van der Waals surface area contributed by atoms with E-state index in [1.165, 1.54) is 0 Å². The number of hydrogen-bond donors (Lipinski definition) is 1. The largest absolute Gasteiger partial charge is 0.494 e. The molecule has 1 saturated heterocycles. The van der Waals surface area contributed by atoms with Gasteiger partial charge >= 0.3 is 0 Å². The van der Waals surface area contributed by atoms with Crippen molar-refractivity contribution in [2.75, 3.05) is 39.5 Å². The molecule has 0 radical (unpaired) electrons. The maximum absolute atomic E-state index is 8.36. The Kier molecular flexibility index (Phi) is 8.62. The smallest absolute Gasteiger partial charge is 0.290 e. The van der Waals surface area contributed by atoms with Crippen LogP contribution in [0.15, 0.2) is 49.1 Å². The van der Waals surface area contributed by atoms with Crippen LogP contribution >= 0.6 is 0 Å². The lowest BCUT2D eigenvalue weighted by molar-refractivity contribution is -0.122. The highest BCUT2D eigenvalue weighted by Crippen LogP contribution is 2.23. The number of carbonyl (C=O) groups is 1. The number of aryl methyl sites for hydroxylation is 1. The van der Waals surface area contributed by atoms with E-state index in [-0.39, 0.29) is 6.47 Å². The zero-order valence-electron chi connectivity index (χ0n) is 17.8. The highest BCUT2D eigenvalue weighted by atomic mass is 16.5. The number of ether oxygens (including phenoxy) is 2. The van der Waals surface area contributed by atoms with Crippen LogP contribution in [-0.2, 0) is 16.1 Å². The SMILES string of the molecule is CCn1cc(-n2ccnc2-c2ccc(OCCCN3CCOCC3)cc2)cn1.O=CO. The number of aromatic nitrogens is 4. The Balaban J connectivity index is 0.000000858. The lowest BCUT2D eigenvalue weighted by atomic mass is 10.2. The van der Waals surface area contributed by atoms with Crippen LogP contribution in [0.4, 0.5) is 0 Å². The molecule has 1 aromatic carbocycles. The van der Waals surface area contributed by atoms with Crippen molar-refractivity contribution in [3.8, 4) is 22.8 Å². The minimum atomic E-state index is -0.250. The number of benzene rings is 1. The van der Waals surface area contributed by atoms with Crippen LogP contribution in [0.25, 0.3) is 17.1 Å². The second-order valence-corrected chi connectivity index (χ2v) is 6.96. The Labute approximate surface area is 181 Å². The third-order valence-corrected chi connectivity index (χ3v) is 4.97. The molecule has 0 spiro atoms. The highest BCUT2D eigenvalue weighted by Gasteiger charge is 2.11. The number of rotatable bonds is 8. The molecule has 0 atom stereocenters. The first-order valence-corrected chi connectivity index (χ1v) is 10.4. The second kappa shape index (κ2) is 11.9. The molecule has 31 heavy (non-hydrogen) atoms. The summed E-state index contributed by atoms with van der Waals surface area (Å²) in [6.07, 6.45) is 8.68. The summed E-state index contributed by atoms with van der Waals surface area (Å²) < 4.78 is 15.2. The quantitative estimate of drug-likeness (QED) is 0.436. The van der Waals surface area contributed by atoms with Gasteiger partial charge in [0.2, 0.25) is 0 Å². The standard InChI is InChI=1S/C21H27N5O2.CH2O2/c1-2-25-17-19(16-23-25)26-10-8-22-21(26)18-4-6-20(7-5-18)28-13-3-9-24-11-14-27-15-12-24;2-1-3/h4-8,10,16-17H,2-3,9,11-15H2,1H3;1H,(H,2,3). The van der Waals surface area contributed by atoms with Crippen LogP contribution in [0.3, 0.4) is 0 Å². The van der Waals surface area contributed by atoms with Gasteiger partial charge in [0.1, 0.15) is 11.6 Å². The van der Waals surface area contributed by atoms with Gasteiger partial charge in [-0.1, -0.05) is 0 Å². The van der Waals surface area contributed by atoms with Crippen molar-refractivity contribution in [3.63, 3.8) is 0 Å². The zero-order valence-corrected chi connectivity index (χ0v) is 17.8. The Morgan fingerprint density at radius 3 is 2.65 bits per heavy atom. The molecule has 1 aliphatic heterocycles. The van der Waals surface area contributed by atoms with Crippen LogP contribution in [0.5, 0.6) is 5.75 Å². The van der Waals surface area contributed by atoms with Crippen LogP contribution in [0, 0.1) is 0 Å². The van der Waals surface area contributed by atoms with Gasteiger partial charge in [0.05, 0.1) is 31.7 Å². The summed E-state index contributed by atoms with van der Waals surface area (Å²) in [5, 5.41) is 11.2. The Bertz CT molecular complexity index is 916. The highest BCUT2D eigenvalue weighted by molar-refractivity contribution is 5.59. The predicted molar refractivity (Wildman–Crippen MR) is 117 cm³/mol. The Hall–Kier alpha value is -3.17. The summed E-state index contributed by atoms with van der Waals surface area (Å²) in [5.41, 5.74) is 2.06. The van der Waals surface area contributed by atoms with Crippen molar-refractivity contribution in [1.82, 2.24) is 24.2 Å². The Morgan fingerprint density at radius 1 is 1.23 bits per heavy atom. The van der Waals surface area contributed by atoms with E-state index < -0.39 is 0 Å². The van der Waals surface area contributed by atoms with Gasteiger partial charge in [0.25, 0.3) is 6.47 Å². The van der Waals surface area contributed by atoms with Gasteiger partial charge in [0.15, 0.2) is 0 Å². The molecule has 1 N–H and O–H groups in total. The molecule has 0 bridgehead atoms. The van der Waals surface area contributed by atoms with E-state index in [2.05, 4.69) is 38.6 Å². The summed E-state index contributed by atoms with van der Waals surface area (Å²) in [7, 11) is 0. The third kappa shape index (κ3) is 6.40. The van der Waals surface area contributed by atoms with E-state index in [0.29, 0.717) is 0 Å². The first kappa shape index (κ1) is 22.5.